The molecule has 0 aromatic heterocycles. The van der Waals surface area contributed by atoms with Gasteiger partial charge < -0.3 is 26.0 Å². The van der Waals surface area contributed by atoms with Crippen LogP contribution in [0, 0.1) is 0 Å². The molecule has 150 valence electrons. The van der Waals surface area contributed by atoms with E-state index in [1.807, 2.05) is 11.8 Å². The number of rotatable bonds is 6. The molecule has 27 heavy (non-hydrogen) atoms. The SMILES string of the molecule is Cl.O=C(CC1CSCCN1)Nc1ccc(NC(=O)NCC2CCCO2)cc1. The summed E-state index contributed by atoms with van der Waals surface area (Å²) in [7, 11) is 0. The van der Waals surface area contributed by atoms with Crippen LogP contribution in [0.25, 0.3) is 0 Å². The Morgan fingerprint density at radius 1 is 1.19 bits per heavy atom. The Hall–Kier alpha value is -1.48. The van der Waals surface area contributed by atoms with E-state index >= 15 is 0 Å². The van der Waals surface area contributed by atoms with Crippen molar-refractivity contribution in [1.82, 2.24) is 10.6 Å². The molecule has 2 fully saturated rings. The highest BCUT2D eigenvalue weighted by atomic mass is 35.5. The molecule has 2 aliphatic heterocycles. The number of nitrogens with one attached hydrogen (secondary N) is 4. The zero-order chi connectivity index (χ0) is 18.2. The number of thioether (sulfide) groups is 1. The normalized spacial score (nSPS) is 21.8. The highest BCUT2D eigenvalue weighted by molar-refractivity contribution is 7.99. The largest absolute Gasteiger partial charge is 0.376 e. The summed E-state index contributed by atoms with van der Waals surface area (Å²) in [6.45, 7) is 2.25. The van der Waals surface area contributed by atoms with E-state index in [0.29, 0.717) is 18.7 Å². The minimum absolute atomic E-state index is 0. The molecule has 4 N–H and O–H groups in total. The number of urea groups is 1. The van der Waals surface area contributed by atoms with E-state index in [1.165, 1.54) is 0 Å². The van der Waals surface area contributed by atoms with Crippen molar-refractivity contribution < 1.29 is 14.3 Å². The molecule has 2 heterocycles. The lowest BCUT2D eigenvalue weighted by molar-refractivity contribution is -0.116. The van der Waals surface area contributed by atoms with E-state index in [0.717, 1.165) is 43.2 Å². The van der Waals surface area contributed by atoms with Crippen LogP contribution in [-0.2, 0) is 9.53 Å². The number of anilines is 2. The van der Waals surface area contributed by atoms with Gasteiger partial charge in [-0.1, -0.05) is 0 Å². The quantitative estimate of drug-likeness (QED) is 0.574. The molecule has 7 nitrogen and oxygen atoms in total. The first kappa shape index (κ1) is 21.8. The Kier molecular flexibility index (Phi) is 9.20. The van der Waals surface area contributed by atoms with Gasteiger partial charge in [-0.25, -0.2) is 4.79 Å². The lowest BCUT2D eigenvalue weighted by Crippen LogP contribution is -2.39. The van der Waals surface area contributed by atoms with Gasteiger partial charge in [-0.05, 0) is 37.1 Å². The van der Waals surface area contributed by atoms with Gasteiger partial charge in [-0.2, -0.15) is 11.8 Å². The molecule has 3 amide bonds. The van der Waals surface area contributed by atoms with Crippen LogP contribution in [0.15, 0.2) is 24.3 Å². The number of benzene rings is 1. The minimum atomic E-state index is -0.252. The van der Waals surface area contributed by atoms with Crippen molar-refractivity contribution in [1.29, 1.82) is 0 Å². The molecule has 2 unspecified atom stereocenters. The molecule has 0 aliphatic carbocycles. The van der Waals surface area contributed by atoms with Gasteiger partial charge in [0.2, 0.25) is 5.91 Å². The van der Waals surface area contributed by atoms with Crippen molar-refractivity contribution in [3.63, 3.8) is 0 Å². The van der Waals surface area contributed by atoms with Crippen molar-refractivity contribution in [3.8, 4) is 0 Å². The summed E-state index contributed by atoms with van der Waals surface area (Å²) in [5.41, 5.74) is 1.40. The topological polar surface area (TPSA) is 91.5 Å². The van der Waals surface area contributed by atoms with E-state index in [1.54, 1.807) is 24.3 Å². The third-order valence-electron chi connectivity index (χ3n) is 4.37. The second kappa shape index (κ2) is 11.4. The highest BCUT2D eigenvalue weighted by Gasteiger charge is 2.17. The first-order valence-corrected chi connectivity index (χ1v) is 10.2. The Labute approximate surface area is 170 Å². The van der Waals surface area contributed by atoms with Crippen LogP contribution in [-0.4, -0.2) is 55.3 Å². The number of carbonyl (C=O) groups excluding carboxylic acids is 2. The number of amides is 3. The standard InChI is InChI=1S/C18H26N4O3S.ClH/c23-17(10-15-12-26-9-7-19-15)21-13-3-5-14(6-4-13)22-18(24)20-11-16-2-1-8-25-16;/h3-6,15-16,19H,1-2,7-12H2,(H,21,23)(H2,20,22,24);1H. The van der Waals surface area contributed by atoms with Crippen LogP contribution >= 0.6 is 24.2 Å². The maximum absolute atomic E-state index is 12.1. The molecule has 1 aromatic rings. The molecule has 9 heteroatoms. The summed E-state index contributed by atoms with van der Waals surface area (Å²) < 4.78 is 5.47. The Morgan fingerprint density at radius 3 is 2.56 bits per heavy atom. The third kappa shape index (κ3) is 7.57. The lowest BCUT2D eigenvalue weighted by atomic mass is 10.2. The summed E-state index contributed by atoms with van der Waals surface area (Å²) >= 11 is 1.87. The van der Waals surface area contributed by atoms with Gasteiger partial charge >= 0.3 is 6.03 Å². The third-order valence-corrected chi connectivity index (χ3v) is 5.50. The molecule has 0 radical (unpaired) electrons. The average molecular weight is 415 g/mol. The zero-order valence-electron chi connectivity index (χ0n) is 15.2. The van der Waals surface area contributed by atoms with Gasteiger partial charge in [-0.15, -0.1) is 12.4 Å². The van der Waals surface area contributed by atoms with Crippen LogP contribution in [0.1, 0.15) is 19.3 Å². The van der Waals surface area contributed by atoms with Crippen molar-refractivity contribution >= 4 is 47.5 Å². The van der Waals surface area contributed by atoms with Crippen molar-refractivity contribution in [3.05, 3.63) is 24.3 Å². The Balaban J connectivity index is 0.00000261. The minimum Gasteiger partial charge on any atom is -0.376 e. The van der Waals surface area contributed by atoms with Gasteiger partial charge in [0.1, 0.15) is 0 Å². The maximum atomic E-state index is 12.1. The van der Waals surface area contributed by atoms with Crippen LogP contribution in [0.5, 0.6) is 0 Å². The second-order valence-electron chi connectivity index (χ2n) is 6.53. The maximum Gasteiger partial charge on any atom is 0.319 e. The molecule has 2 aliphatic rings. The van der Waals surface area contributed by atoms with Crippen molar-refractivity contribution in [2.24, 2.45) is 0 Å². The first-order valence-electron chi connectivity index (χ1n) is 9.06. The fourth-order valence-corrected chi connectivity index (χ4v) is 3.96. The fraction of sp³-hybridized carbons (Fsp3) is 0.556. The molecule has 3 rings (SSSR count). The smallest absolute Gasteiger partial charge is 0.319 e. The Bertz CT molecular complexity index is 605. The monoisotopic (exact) mass is 414 g/mol. The molecule has 2 atom stereocenters. The number of hydrogen-bond donors (Lipinski definition) is 4. The first-order chi connectivity index (χ1) is 12.7. The zero-order valence-corrected chi connectivity index (χ0v) is 16.8. The fourth-order valence-electron chi connectivity index (χ4n) is 3.01. The van der Waals surface area contributed by atoms with Gasteiger partial charge in [0, 0.05) is 55.0 Å². The van der Waals surface area contributed by atoms with Crippen molar-refractivity contribution in [2.75, 3.05) is 41.8 Å². The summed E-state index contributed by atoms with van der Waals surface area (Å²) in [4.78, 5) is 24.0. The van der Waals surface area contributed by atoms with Crippen LogP contribution in [0.2, 0.25) is 0 Å². The lowest BCUT2D eigenvalue weighted by Gasteiger charge is -2.22. The van der Waals surface area contributed by atoms with E-state index in [-0.39, 0.29) is 36.5 Å². The second-order valence-corrected chi connectivity index (χ2v) is 7.68. The van der Waals surface area contributed by atoms with Crippen LogP contribution < -0.4 is 21.3 Å². The number of ether oxygens (including phenoxy) is 1. The molecule has 2 saturated heterocycles. The van der Waals surface area contributed by atoms with E-state index in [2.05, 4.69) is 21.3 Å². The molecule has 1 aromatic carbocycles. The van der Waals surface area contributed by atoms with E-state index in [4.69, 9.17) is 4.74 Å². The molecule has 0 spiro atoms. The summed E-state index contributed by atoms with van der Waals surface area (Å²) in [6, 6.07) is 7.11. The highest BCUT2D eigenvalue weighted by Crippen LogP contribution is 2.16. The predicted molar refractivity (Wildman–Crippen MR) is 112 cm³/mol. The molecule has 0 saturated carbocycles. The molecular formula is C18H27ClN4O3S. The van der Waals surface area contributed by atoms with E-state index < -0.39 is 0 Å². The van der Waals surface area contributed by atoms with Gasteiger partial charge in [-0.3, -0.25) is 4.79 Å². The van der Waals surface area contributed by atoms with E-state index in [9.17, 15) is 9.59 Å². The number of halogens is 1. The Morgan fingerprint density at radius 2 is 1.93 bits per heavy atom. The van der Waals surface area contributed by atoms with Crippen LogP contribution in [0.4, 0.5) is 16.2 Å². The summed E-state index contributed by atoms with van der Waals surface area (Å²) in [5.74, 6) is 2.07. The van der Waals surface area contributed by atoms with Gasteiger partial charge in [0.25, 0.3) is 0 Å². The predicted octanol–water partition coefficient (Wildman–Crippen LogP) is 2.44. The summed E-state index contributed by atoms with van der Waals surface area (Å²) in [5, 5.41) is 11.8. The van der Waals surface area contributed by atoms with Gasteiger partial charge in [0.05, 0.1) is 6.10 Å². The summed E-state index contributed by atoms with van der Waals surface area (Å²) in [6.07, 6.45) is 2.63. The van der Waals surface area contributed by atoms with Crippen LogP contribution in [0.3, 0.4) is 0 Å². The van der Waals surface area contributed by atoms with Crippen molar-refractivity contribution in [2.45, 2.75) is 31.4 Å². The van der Waals surface area contributed by atoms with Gasteiger partial charge in [0.15, 0.2) is 0 Å². The molecular weight excluding hydrogens is 388 g/mol. The number of carbonyl (C=O) groups is 2. The molecule has 0 bridgehead atoms. The number of hydrogen-bond acceptors (Lipinski definition) is 5. The average Bonchev–Trinajstić information content (AvgIpc) is 3.16.